The first-order valence-electron chi connectivity index (χ1n) is 47.8. The van der Waals surface area contributed by atoms with Crippen molar-refractivity contribution in [3.8, 4) is 137 Å². The molecule has 0 bridgehead atoms. The van der Waals surface area contributed by atoms with E-state index in [1.165, 1.54) is 0 Å². The Morgan fingerprint density at radius 2 is 0.588 bits per heavy atom. The Morgan fingerprint density at radius 1 is 0.257 bits per heavy atom. The number of pyridine rings is 8. The number of methoxy groups -OCH3 is 1. The van der Waals surface area contributed by atoms with Crippen molar-refractivity contribution in [3.63, 3.8) is 0 Å². The molecule has 148 heavy (non-hydrogen) atoms. The molecule has 12 heterocycles. The zero-order valence-corrected chi connectivity index (χ0v) is 89.6. The quantitative estimate of drug-likeness (QED) is 0.0556. The summed E-state index contributed by atoms with van der Waals surface area (Å²) < 4.78 is 72.2. The molecule has 0 saturated heterocycles. The second-order valence-corrected chi connectivity index (χ2v) is 34.2. The van der Waals surface area contributed by atoms with Crippen molar-refractivity contribution >= 4 is 87.2 Å². The molecule has 21 nitrogen and oxygen atoms in total. The van der Waals surface area contributed by atoms with E-state index < -0.39 is 0 Å². The molecule has 24 aromatic rings. The Kier molecular flexibility index (Phi) is 32.4. The minimum atomic E-state index is -0.0220. The summed E-state index contributed by atoms with van der Waals surface area (Å²) in [5.41, 5.74) is 15.0. The molecule has 12 aromatic heterocycles. The van der Waals surface area contributed by atoms with Crippen molar-refractivity contribution < 1.29 is 130 Å². The van der Waals surface area contributed by atoms with Crippen LogP contribution in [0, 0.1) is 48.5 Å². The van der Waals surface area contributed by atoms with E-state index in [2.05, 4.69) is 169 Å². The maximum absolute atomic E-state index is 9.71. The number of nitrogens with zero attached hydrogens (tertiary/aromatic N) is 12. The van der Waals surface area contributed by atoms with Crippen molar-refractivity contribution in [2.75, 3.05) is 7.11 Å². The second-order valence-electron chi connectivity index (χ2n) is 34.2. The maximum Gasteiger partial charge on any atom is 2.00 e. The minimum Gasteiger partial charge on any atom is -0.517 e. The van der Waals surface area contributed by atoms with Crippen LogP contribution in [0.15, 0.2) is 383 Å². The van der Waals surface area contributed by atoms with Gasteiger partial charge in [0, 0.05) is 138 Å². The predicted octanol–water partition coefficient (Wildman–Crippen LogP) is 28.4. The van der Waals surface area contributed by atoms with Crippen LogP contribution >= 0.6 is 0 Å². The molecule has 0 aliphatic carbocycles. The molecule has 0 atom stereocenters. The van der Waals surface area contributed by atoms with Crippen LogP contribution in [-0.4, -0.2) is 88.7 Å². The molecule has 0 aliphatic heterocycles. The van der Waals surface area contributed by atoms with E-state index in [1.807, 2.05) is 265 Å². The Bertz CT molecular complexity index is 8850. The molecule has 0 amide bonds. The summed E-state index contributed by atoms with van der Waals surface area (Å²) >= 11 is 0. The number of benzene rings is 12. The Balaban J connectivity index is 0.000000135. The molecule has 0 aliphatic rings. The molecule has 0 radical (unpaired) electrons. The third-order valence-electron chi connectivity index (χ3n) is 23.3. The van der Waals surface area contributed by atoms with E-state index in [1.54, 1.807) is 93.0 Å². The van der Waals surface area contributed by atoms with Gasteiger partial charge < -0.3 is 61.3 Å². The number of fused-ring (bicyclic) bond motifs is 12. The largest absolute Gasteiger partial charge is 2.00 e. The number of rotatable bonds is 24. The number of hydrogen-bond donors (Lipinski definition) is 1. The van der Waals surface area contributed by atoms with Crippen LogP contribution in [-0.2, 0) is 90.9 Å². The van der Waals surface area contributed by atoms with Crippen molar-refractivity contribution in [1.82, 2.24) is 58.1 Å². The first-order chi connectivity index (χ1) is 71.5. The van der Waals surface area contributed by atoms with E-state index in [-0.39, 0.29) is 109 Å². The molecule has 0 fully saturated rings. The van der Waals surface area contributed by atoms with E-state index in [4.69, 9.17) is 40.6 Å². The van der Waals surface area contributed by atoms with Gasteiger partial charge in [-0.15, -0.1) is 72.8 Å². The molecule has 0 spiro atoms. The molecule has 1 N–H and O–H groups in total. The number of ether oxygens (including phenoxy) is 8. The third kappa shape index (κ3) is 23.2. The molecule has 25 heteroatoms. The molecular weight excluding hydrogens is 2570 g/mol. The summed E-state index contributed by atoms with van der Waals surface area (Å²) in [5.74, 6) is 9.69. The fourth-order valence-corrected chi connectivity index (χ4v) is 17.3. The van der Waals surface area contributed by atoms with Crippen molar-refractivity contribution in [3.05, 3.63) is 437 Å². The van der Waals surface area contributed by atoms with Gasteiger partial charge in [-0.1, -0.05) is 149 Å². The standard InChI is InChI=1S/C34H29N3O3.C31H23N3O2.C30H21N3O3.C28H17N3O.4Pt/c1-22(2)38-26-14-16-36-34(21-26)40-28-18-25(17-27(20-28)39-23(3)4)24-12-13-30-29-9-5-6-10-31(29)37(32(30)19-24)33-11-7-8-15-35-33;1-21(2)35-24-17-23(18-25(20-24)36-31-12-6-8-16-33-31)22-13-14-27-26-9-3-4-10-28(26)34(29(27)19-22)30-11-5-7-15-32-30;1-35-23-15-22(16-24(18-23)36-30-7-3-5-13-32-30)21-9-10-25-26-14-20(19-34)8-11-27(26)33(28(25)17-21)29-6-2-4-12-31-29;1-2-11-25-23(10-1)24-15-14-21(19-26(24)31(25)27-12-3-5-16-29-27)20-8-7-9-22(18-20)32-28-13-4-6-17-30-28;;;;/h5-17,20-23H,1-4H3;3-17,20-21H,1-2H3;2-15,18,34H,19H2,1H3;1-17H;;;;/q4*-2;4*+2/i;;;1D,7D;;;;. The summed E-state index contributed by atoms with van der Waals surface area (Å²) in [7, 11) is 1.62. The average molecular weight is 2660 g/mol. The van der Waals surface area contributed by atoms with Crippen molar-refractivity contribution in [2.45, 2.75) is 66.5 Å². The zero-order valence-electron chi connectivity index (χ0n) is 82.5. The van der Waals surface area contributed by atoms with E-state index in [0.29, 0.717) is 87.2 Å². The monoisotopic (exact) mass is 2660 g/mol. The maximum atomic E-state index is 9.71. The van der Waals surface area contributed by atoms with E-state index >= 15 is 0 Å². The van der Waals surface area contributed by atoms with Crippen molar-refractivity contribution in [1.29, 1.82) is 0 Å². The van der Waals surface area contributed by atoms with Gasteiger partial charge in [0.1, 0.15) is 29.0 Å². The van der Waals surface area contributed by atoms with Gasteiger partial charge in [-0.05, 0) is 188 Å². The molecule has 12 aromatic carbocycles. The van der Waals surface area contributed by atoms with Crippen LogP contribution in [0.25, 0.3) is 155 Å². The van der Waals surface area contributed by atoms with Gasteiger partial charge in [-0.2, -0.15) is 60.6 Å². The molecule has 0 unspecified atom stereocenters. The minimum absolute atomic E-state index is 0. The number of hydrogen-bond acceptors (Lipinski definition) is 17. The van der Waals surface area contributed by atoms with Crippen molar-refractivity contribution in [2.24, 2.45) is 0 Å². The Labute approximate surface area is 915 Å². The predicted molar refractivity (Wildman–Crippen MR) is 564 cm³/mol. The number of aliphatic hydroxyl groups is 1. The zero-order chi connectivity index (χ0) is 99.7. The summed E-state index contributed by atoms with van der Waals surface area (Å²) in [4.78, 5) is 35.5. The van der Waals surface area contributed by atoms with Crippen LogP contribution in [0.3, 0.4) is 0 Å². The van der Waals surface area contributed by atoms with Crippen LogP contribution in [0.5, 0.6) is 69.5 Å². The van der Waals surface area contributed by atoms with Gasteiger partial charge in [0.2, 0.25) is 23.5 Å². The molecule has 736 valence electrons. The topological polar surface area (TPSA) is 217 Å². The molecule has 24 rings (SSSR count). The first-order valence-corrected chi connectivity index (χ1v) is 46.8. The summed E-state index contributed by atoms with van der Waals surface area (Å²) in [5, 5.41) is 18.2. The number of para-hydroxylation sites is 3. The normalized spacial score (nSPS) is 11.2. The molecular formula is C123H90N12O9Pt4. The number of aliphatic hydroxyl groups excluding tert-OH is 1. The second kappa shape index (κ2) is 47.6. The van der Waals surface area contributed by atoms with Gasteiger partial charge >= 0.3 is 84.3 Å². The Morgan fingerprint density at radius 3 is 0.986 bits per heavy atom. The third-order valence-corrected chi connectivity index (χ3v) is 23.3. The van der Waals surface area contributed by atoms with Gasteiger partial charge in [-0.25, -0.2) is 84.4 Å². The van der Waals surface area contributed by atoms with Crippen LogP contribution in [0.1, 0.15) is 49.8 Å². The fourth-order valence-electron chi connectivity index (χ4n) is 17.3. The van der Waals surface area contributed by atoms with Gasteiger partial charge in [-0.3, -0.25) is 0 Å². The van der Waals surface area contributed by atoms with Gasteiger partial charge in [0.05, 0.1) is 33.4 Å². The van der Waals surface area contributed by atoms with Crippen LogP contribution in [0.2, 0.25) is 0 Å². The summed E-state index contributed by atoms with van der Waals surface area (Å²) in [6.45, 7) is 11.9. The van der Waals surface area contributed by atoms with Crippen LogP contribution in [0.4, 0.5) is 0 Å². The summed E-state index contributed by atoms with van der Waals surface area (Å²) in [6.07, 6.45) is 13.9. The average Bonchev–Trinajstić information content (AvgIpc) is 1.62. The van der Waals surface area contributed by atoms with Crippen LogP contribution < -0.4 is 37.9 Å². The van der Waals surface area contributed by atoms with Gasteiger partial charge in [0.15, 0.2) is 0 Å². The molecule has 0 saturated carbocycles. The Hall–Kier alpha value is -15.8. The fraction of sp³-hybridized carbons (Fsp3) is 0.0894. The SMILES string of the molecule is CC(C)Oc1cc(Oc2cc(OC(C)C)ccn2)[c-]c(-c2[c-]c3c(cc2)c2ccccc2n3-c2ccccn2)c1.CC(C)Oc1cc(Oc2ccccn2)[c-]c(-c2[c-]c3c(cc2)c2ccccc2n3-c2ccccn2)c1.COc1cc(Oc2ccccn2)[c-]c(-c2[c-]c3c(cc2)c2cc(CO)ccc2n3-c2ccccn2)c1.[2H]c1cc(Oc2ccccn2)[c-]c(-c2[c-]c3c(cc2)c2cc([2H])ccc2n3-c2ccccn2)c1.[Pt+2].[Pt+2].[Pt+2].[Pt+2]. The van der Waals surface area contributed by atoms with E-state index in [9.17, 15) is 5.11 Å². The smallest absolute Gasteiger partial charge is 0.517 e. The van der Waals surface area contributed by atoms with E-state index in [0.717, 1.165) is 155 Å². The van der Waals surface area contributed by atoms with Gasteiger partial charge in [0.25, 0.3) is 0 Å². The first kappa shape index (κ1) is 101. The summed E-state index contributed by atoms with van der Waals surface area (Å²) in [6, 6.07) is 131. The number of aromatic nitrogens is 12.